The minimum Gasteiger partial charge on any atom is -0.356 e. The second kappa shape index (κ2) is 12.4. The summed E-state index contributed by atoms with van der Waals surface area (Å²) < 4.78 is 0. The number of hydrogen-bond donors (Lipinski definition) is 2. The average Bonchev–Trinajstić information content (AvgIpc) is 2.39. The molecule has 1 aliphatic rings. The lowest BCUT2D eigenvalue weighted by atomic mass is 9.99. The summed E-state index contributed by atoms with van der Waals surface area (Å²) in [6, 6.07) is 0. The Morgan fingerprint density at radius 3 is 2.37 bits per heavy atom. The van der Waals surface area contributed by atoms with Gasteiger partial charge in [0.15, 0.2) is 0 Å². The van der Waals surface area contributed by atoms with E-state index in [0.717, 1.165) is 45.7 Å². The second-order valence-electron chi connectivity index (χ2n) is 4.75. The fraction of sp³-hybridized carbons (Fsp3) is 0.933. The minimum absolute atomic E-state index is 0. The molecule has 1 heterocycles. The zero-order chi connectivity index (χ0) is 14.5. The van der Waals surface area contributed by atoms with Gasteiger partial charge in [0.2, 0.25) is 5.91 Å². The second-order valence-corrected chi connectivity index (χ2v) is 4.75. The summed E-state index contributed by atoms with van der Waals surface area (Å²) in [4.78, 5) is 14.0. The summed E-state index contributed by atoms with van der Waals surface area (Å²) in [6.07, 6.45) is 3.50. The maximum Gasteiger partial charge on any atom is 0.225 e. The third kappa shape index (κ3) is 8.22. The number of rotatable bonds is 9. The molecule has 1 rings (SSSR count). The van der Waals surface area contributed by atoms with E-state index in [1.54, 1.807) is 0 Å². The molecule has 1 fully saturated rings. The van der Waals surface area contributed by atoms with E-state index < -0.39 is 0 Å². The summed E-state index contributed by atoms with van der Waals surface area (Å²) in [5.74, 6) is 0.498. The SMILES string of the molecule is CC.CCNCCCCCNC(=O)C1CN(CC)C1.[HH].[HH]. The maximum absolute atomic E-state index is 11.7. The van der Waals surface area contributed by atoms with Gasteiger partial charge < -0.3 is 15.5 Å². The molecule has 0 atom stereocenters. The van der Waals surface area contributed by atoms with Crippen molar-refractivity contribution in [2.75, 3.05) is 39.3 Å². The predicted molar refractivity (Wildman–Crippen MR) is 86.6 cm³/mol. The molecule has 4 nitrogen and oxygen atoms in total. The molecular formula is C15H37N3O. The molecule has 0 bridgehead atoms. The molecule has 19 heavy (non-hydrogen) atoms. The fourth-order valence-electron chi connectivity index (χ4n) is 2.08. The lowest BCUT2D eigenvalue weighted by Crippen LogP contribution is -2.53. The molecule has 2 N–H and O–H groups in total. The quantitative estimate of drug-likeness (QED) is 0.635. The van der Waals surface area contributed by atoms with E-state index in [1.165, 1.54) is 12.8 Å². The monoisotopic (exact) mass is 275 g/mol. The molecule has 0 aromatic carbocycles. The molecule has 0 spiro atoms. The van der Waals surface area contributed by atoms with Crippen LogP contribution in [0.4, 0.5) is 0 Å². The number of nitrogens with zero attached hydrogens (tertiary/aromatic N) is 1. The van der Waals surface area contributed by atoms with Crippen molar-refractivity contribution >= 4 is 5.91 Å². The molecule has 0 aromatic heterocycles. The van der Waals surface area contributed by atoms with Crippen LogP contribution >= 0.6 is 0 Å². The van der Waals surface area contributed by atoms with Crippen molar-refractivity contribution in [3.05, 3.63) is 0 Å². The molecule has 0 unspecified atom stereocenters. The number of amides is 1. The number of carbonyl (C=O) groups excluding carboxylic acids is 1. The number of unbranched alkanes of at least 4 members (excludes halogenated alkanes) is 2. The zero-order valence-corrected chi connectivity index (χ0v) is 13.3. The first-order chi connectivity index (χ1) is 9.27. The van der Waals surface area contributed by atoms with Crippen molar-refractivity contribution in [1.82, 2.24) is 15.5 Å². The lowest BCUT2D eigenvalue weighted by molar-refractivity contribution is -0.130. The molecule has 0 aliphatic carbocycles. The van der Waals surface area contributed by atoms with E-state index >= 15 is 0 Å². The zero-order valence-electron chi connectivity index (χ0n) is 13.3. The first-order valence-corrected chi connectivity index (χ1v) is 7.98. The highest BCUT2D eigenvalue weighted by Gasteiger charge is 2.30. The highest BCUT2D eigenvalue weighted by Crippen LogP contribution is 2.14. The van der Waals surface area contributed by atoms with Gasteiger partial charge in [0, 0.05) is 22.5 Å². The Morgan fingerprint density at radius 2 is 1.79 bits per heavy atom. The van der Waals surface area contributed by atoms with Crippen molar-refractivity contribution in [3.8, 4) is 0 Å². The van der Waals surface area contributed by atoms with Crippen LogP contribution in [0.15, 0.2) is 0 Å². The number of hydrogen-bond acceptors (Lipinski definition) is 3. The average molecular weight is 275 g/mol. The first kappa shape index (κ1) is 18.4. The van der Waals surface area contributed by atoms with E-state index in [9.17, 15) is 4.79 Å². The van der Waals surface area contributed by atoms with Crippen LogP contribution in [0, 0.1) is 5.92 Å². The highest BCUT2D eigenvalue weighted by atomic mass is 16.2. The molecule has 1 saturated heterocycles. The van der Waals surface area contributed by atoms with Gasteiger partial charge in [0.1, 0.15) is 0 Å². The highest BCUT2D eigenvalue weighted by molar-refractivity contribution is 5.79. The Bertz CT molecular complexity index is 225. The normalized spacial score (nSPS) is 15.4. The van der Waals surface area contributed by atoms with Crippen LogP contribution in [0.5, 0.6) is 0 Å². The number of likely N-dealkylation sites (tertiary alicyclic amines) is 1. The van der Waals surface area contributed by atoms with Crippen LogP contribution in [0.1, 0.15) is 49.8 Å². The molecule has 0 aromatic rings. The van der Waals surface area contributed by atoms with Crippen LogP contribution in [0.2, 0.25) is 0 Å². The largest absolute Gasteiger partial charge is 0.356 e. The maximum atomic E-state index is 11.7. The minimum atomic E-state index is 0. The van der Waals surface area contributed by atoms with Crippen molar-refractivity contribution in [2.45, 2.75) is 47.0 Å². The molecule has 0 saturated carbocycles. The van der Waals surface area contributed by atoms with Crippen LogP contribution in [0.3, 0.4) is 0 Å². The topological polar surface area (TPSA) is 44.4 Å². The van der Waals surface area contributed by atoms with Crippen molar-refractivity contribution in [2.24, 2.45) is 5.92 Å². The molecule has 1 amide bonds. The van der Waals surface area contributed by atoms with Gasteiger partial charge in [-0.25, -0.2) is 0 Å². The summed E-state index contributed by atoms with van der Waals surface area (Å²) >= 11 is 0. The number of carbonyl (C=O) groups is 1. The summed E-state index contributed by atoms with van der Waals surface area (Å²) in [5.41, 5.74) is 0. The summed E-state index contributed by atoms with van der Waals surface area (Å²) in [5, 5.41) is 6.34. The Morgan fingerprint density at radius 1 is 1.16 bits per heavy atom. The fourth-order valence-corrected chi connectivity index (χ4v) is 2.08. The van der Waals surface area contributed by atoms with Crippen LogP contribution in [-0.2, 0) is 4.79 Å². The van der Waals surface area contributed by atoms with Crippen LogP contribution in [0.25, 0.3) is 0 Å². The molecule has 118 valence electrons. The summed E-state index contributed by atoms with van der Waals surface area (Å²) in [7, 11) is 0. The Labute approximate surface area is 122 Å². The van der Waals surface area contributed by atoms with E-state index in [4.69, 9.17) is 0 Å². The lowest BCUT2D eigenvalue weighted by Gasteiger charge is -2.37. The van der Waals surface area contributed by atoms with E-state index in [2.05, 4.69) is 29.4 Å². The smallest absolute Gasteiger partial charge is 0.225 e. The van der Waals surface area contributed by atoms with Gasteiger partial charge in [-0.1, -0.05) is 34.1 Å². The first-order valence-electron chi connectivity index (χ1n) is 7.98. The standard InChI is InChI=1S/C13H27N3O.C2H6.2H2/c1-3-14-8-6-5-7-9-15-13(17)12-10-16(4-2)11-12;1-2;;/h12,14H,3-11H2,1-2H3,(H,15,17);1-2H3;2*1H. The van der Waals surface area contributed by atoms with E-state index in [-0.39, 0.29) is 14.7 Å². The van der Waals surface area contributed by atoms with E-state index in [1.807, 2.05) is 13.8 Å². The van der Waals surface area contributed by atoms with Gasteiger partial charge in [-0.15, -0.1) is 0 Å². The number of nitrogens with one attached hydrogen (secondary N) is 2. The Kier molecular flexibility index (Phi) is 12.0. The van der Waals surface area contributed by atoms with Crippen molar-refractivity contribution in [3.63, 3.8) is 0 Å². The van der Waals surface area contributed by atoms with Gasteiger partial charge in [-0.3, -0.25) is 4.79 Å². The summed E-state index contributed by atoms with van der Waals surface area (Å²) in [6.45, 7) is 14.2. The van der Waals surface area contributed by atoms with Gasteiger partial charge in [0.05, 0.1) is 5.92 Å². The van der Waals surface area contributed by atoms with Crippen molar-refractivity contribution in [1.29, 1.82) is 0 Å². The van der Waals surface area contributed by atoms with Gasteiger partial charge in [-0.2, -0.15) is 0 Å². The molecular weight excluding hydrogens is 238 g/mol. The van der Waals surface area contributed by atoms with Crippen LogP contribution < -0.4 is 10.6 Å². The Balaban J connectivity index is -0.000000774. The molecule has 0 radical (unpaired) electrons. The van der Waals surface area contributed by atoms with Crippen molar-refractivity contribution < 1.29 is 7.65 Å². The predicted octanol–water partition coefficient (Wildman–Crippen LogP) is 2.35. The van der Waals surface area contributed by atoms with Gasteiger partial charge in [0.25, 0.3) is 0 Å². The molecule has 1 aliphatic heterocycles. The van der Waals surface area contributed by atoms with Crippen LogP contribution in [-0.4, -0.2) is 50.1 Å². The third-order valence-corrected chi connectivity index (χ3v) is 3.35. The third-order valence-electron chi connectivity index (χ3n) is 3.35. The Hall–Kier alpha value is -0.610. The van der Waals surface area contributed by atoms with Gasteiger partial charge >= 0.3 is 0 Å². The van der Waals surface area contributed by atoms with E-state index in [0.29, 0.717) is 0 Å². The molecule has 4 heteroatoms. The van der Waals surface area contributed by atoms with Gasteiger partial charge in [-0.05, 0) is 32.5 Å².